The Bertz CT molecular complexity index is 264. The predicted octanol–water partition coefficient (Wildman–Crippen LogP) is 0.297. The fraction of sp³-hybridized carbons (Fsp3) is 0.889. The van der Waals surface area contributed by atoms with Gasteiger partial charge in [0, 0.05) is 12.0 Å². The Morgan fingerprint density at radius 1 is 1.50 bits per heavy atom. The van der Waals surface area contributed by atoms with Gasteiger partial charge in [-0.15, -0.1) is 0 Å². The van der Waals surface area contributed by atoms with Gasteiger partial charge in [0.15, 0.2) is 6.10 Å². The molecule has 1 unspecified atom stereocenters. The van der Waals surface area contributed by atoms with Crippen LogP contribution in [-0.2, 0) is 4.79 Å². The van der Waals surface area contributed by atoms with Crippen LogP contribution in [0, 0.1) is 0 Å². The van der Waals surface area contributed by atoms with E-state index in [1.165, 1.54) is 0 Å². The Hall–Kier alpha value is -0.820. The van der Waals surface area contributed by atoms with E-state index in [0.717, 1.165) is 6.42 Å². The lowest BCUT2D eigenvalue weighted by Crippen LogP contribution is -2.51. The fourth-order valence-corrected chi connectivity index (χ4v) is 1.52. The summed E-state index contributed by atoms with van der Waals surface area (Å²) in [5.74, 6) is -0.550. The number of nitrogens with two attached hydrogens (primary N) is 1. The van der Waals surface area contributed by atoms with Gasteiger partial charge in [-0.2, -0.15) is 13.2 Å². The van der Waals surface area contributed by atoms with E-state index < -0.39 is 30.3 Å². The van der Waals surface area contributed by atoms with Crippen molar-refractivity contribution in [2.75, 3.05) is 6.54 Å². The highest BCUT2D eigenvalue weighted by molar-refractivity contribution is 5.77. The molecular formula is C9H15F3N2O2. The van der Waals surface area contributed by atoms with Gasteiger partial charge in [0.25, 0.3) is 0 Å². The lowest BCUT2D eigenvalue weighted by molar-refractivity contribution is -0.201. The molecule has 0 heterocycles. The summed E-state index contributed by atoms with van der Waals surface area (Å²) in [4.78, 5) is 11.2. The van der Waals surface area contributed by atoms with Crippen LogP contribution in [0.25, 0.3) is 0 Å². The van der Waals surface area contributed by atoms with Crippen LogP contribution in [0.5, 0.6) is 0 Å². The zero-order valence-electron chi connectivity index (χ0n) is 8.68. The van der Waals surface area contributed by atoms with Gasteiger partial charge in [-0.1, -0.05) is 0 Å². The smallest absolute Gasteiger partial charge is 0.382 e. The molecule has 0 aromatic carbocycles. The van der Waals surface area contributed by atoms with E-state index in [0.29, 0.717) is 12.8 Å². The SMILES string of the molecule is NC1(CC(=O)NCC(O)C(F)(F)F)CCC1. The Balaban J connectivity index is 2.25. The summed E-state index contributed by atoms with van der Waals surface area (Å²) in [5, 5.41) is 10.7. The number of carbonyl (C=O) groups excluding carboxylic acids is 1. The second kappa shape index (κ2) is 4.58. The molecule has 1 aliphatic carbocycles. The van der Waals surface area contributed by atoms with Crippen LogP contribution in [0.15, 0.2) is 0 Å². The van der Waals surface area contributed by atoms with Crippen LogP contribution in [0.3, 0.4) is 0 Å². The highest BCUT2D eigenvalue weighted by Crippen LogP contribution is 2.31. The maximum atomic E-state index is 11.9. The number of alkyl halides is 3. The molecule has 1 rings (SSSR count). The Labute approximate surface area is 91.0 Å². The third-order valence-electron chi connectivity index (χ3n) is 2.73. The Morgan fingerprint density at radius 3 is 2.44 bits per heavy atom. The molecule has 0 aromatic rings. The van der Waals surface area contributed by atoms with Crippen molar-refractivity contribution in [3.05, 3.63) is 0 Å². The molecule has 0 saturated heterocycles. The van der Waals surface area contributed by atoms with E-state index in [1.54, 1.807) is 0 Å². The number of nitrogens with one attached hydrogen (secondary N) is 1. The van der Waals surface area contributed by atoms with Gasteiger partial charge in [-0.25, -0.2) is 0 Å². The third-order valence-corrected chi connectivity index (χ3v) is 2.73. The minimum atomic E-state index is -4.70. The number of hydrogen-bond donors (Lipinski definition) is 3. The van der Waals surface area contributed by atoms with Crippen molar-refractivity contribution in [3.8, 4) is 0 Å². The monoisotopic (exact) mass is 240 g/mol. The number of aliphatic hydroxyl groups is 1. The first-order valence-electron chi connectivity index (χ1n) is 5.03. The van der Waals surface area contributed by atoms with Gasteiger partial charge in [-0.3, -0.25) is 4.79 Å². The summed E-state index contributed by atoms with van der Waals surface area (Å²) < 4.78 is 35.7. The van der Waals surface area contributed by atoms with E-state index in [-0.39, 0.29) is 6.42 Å². The first kappa shape index (κ1) is 13.2. The molecule has 16 heavy (non-hydrogen) atoms. The van der Waals surface area contributed by atoms with Crippen molar-refractivity contribution < 1.29 is 23.1 Å². The molecule has 1 aliphatic rings. The van der Waals surface area contributed by atoms with Crippen LogP contribution in [-0.4, -0.2) is 35.4 Å². The standard InChI is InChI=1S/C9H15F3N2O2/c10-9(11,12)6(15)5-14-7(16)4-8(13)2-1-3-8/h6,15H,1-5,13H2,(H,14,16). The van der Waals surface area contributed by atoms with E-state index in [4.69, 9.17) is 10.8 Å². The fourth-order valence-electron chi connectivity index (χ4n) is 1.52. The summed E-state index contributed by atoms with van der Waals surface area (Å²) >= 11 is 0. The first-order chi connectivity index (χ1) is 7.23. The Morgan fingerprint density at radius 2 is 2.06 bits per heavy atom. The second-order valence-electron chi connectivity index (χ2n) is 4.25. The third kappa shape index (κ3) is 3.64. The molecule has 1 atom stereocenters. The molecule has 0 spiro atoms. The highest BCUT2D eigenvalue weighted by atomic mass is 19.4. The summed E-state index contributed by atoms with van der Waals surface area (Å²) in [7, 11) is 0. The summed E-state index contributed by atoms with van der Waals surface area (Å²) in [6.07, 6.45) is -4.85. The van der Waals surface area contributed by atoms with Crippen LogP contribution >= 0.6 is 0 Å². The maximum absolute atomic E-state index is 11.9. The molecule has 94 valence electrons. The van der Waals surface area contributed by atoms with Gasteiger partial charge in [0.1, 0.15) is 0 Å². The molecule has 0 aromatic heterocycles. The van der Waals surface area contributed by atoms with Gasteiger partial charge in [-0.05, 0) is 19.3 Å². The maximum Gasteiger partial charge on any atom is 0.416 e. The molecule has 1 amide bonds. The molecule has 0 bridgehead atoms. The average Bonchev–Trinajstić information content (AvgIpc) is 2.10. The van der Waals surface area contributed by atoms with Gasteiger partial charge < -0.3 is 16.2 Å². The molecule has 0 aliphatic heterocycles. The van der Waals surface area contributed by atoms with Crippen molar-refractivity contribution in [3.63, 3.8) is 0 Å². The zero-order chi connectivity index (χ0) is 12.4. The van der Waals surface area contributed by atoms with Crippen molar-refractivity contribution in [2.24, 2.45) is 5.73 Å². The molecule has 0 radical (unpaired) electrons. The van der Waals surface area contributed by atoms with Gasteiger partial charge in [0.05, 0.1) is 6.54 Å². The van der Waals surface area contributed by atoms with E-state index in [2.05, 4.69) is 0 Å². The van der Waals surface area contributed by atoms with Crippen LogP contribution in [0.1, 0.15) is 25.7 Å². The summed E-state index contributed by atoms with van der Waals surface area (Å²) in [5.41, 5.74) is 5.19. The molecule has 4 nitrogen and oxygen atoms in total. The summed E-state index contributed by atoms with van der Waals surface area (Å²) in [6, 6.07) is 0. The first-order valence-corrected chi connectivity index (χ1v) is 5.03. The summed E-state index contributed by atoms with van der Waals surface area (Å²) in [6.45, 7) is -0.821. The van der Waals surface area contributed by atoms with Crippen molar-refractivity contribution >= 4 is 5.91 Å². The molecule has 4 N–H and O–H groups in total. The van der Waals surface area contributed by atoms with E-state index in [1.807, 2.05) is 5.32 Å². The van der Waals surface area contributed by atoms with Gasteiger partial charge >= 0.3 is 6.18 Å². The highest BCUT2D eigenvalue weighted by Gasteiger charge is 2.39. The van der Waals surface area contributed by atoms with Crippen LogP contribution < -0.4 is 11.1 Å². The minimum absolute atomic E-state index is 0.0115. The zero-order valence-corrected chi connectivity index (χ0v) is 8.68. The van der Waals surface area contributed by atoms with Crippen LogP contribution in [0.4, 0.5) is 13.2 Å². The number of hydrogen-bond acceptors (Lipinski definition) is 3. The van der Waals surface area contributed by atoms with Crippen molar-refractivity contribution in [1.82, 2.24) is 5.32 Å². The lowest BCUT2D eigenvalue weighted by atomic mass is 9.75. The molecule has 7 heteroatoms. The predicted molar refractivity (Wildman–Crippen MR) is 50.5 cm³/mol. The van der Waals surface area contributed by atoms with Gasteiger partial charge in [0.2, 0.25) is 5.91 Å². The van der Waals surface area contributed by atoms with Crippen LogP contribution in [0.2, 0.25) is 0 Å². The largest absolute Gasteiger partial charge is 0.416 e. The second-order valence-corrected chi connectivity index (χ2v) is 4.25. The quantitative estimate of drug-likeness (QED) is 0.661. The number of halogens is 3. The number of aliphatic hydroxyl groups excluding tert-OH is 1. The minimum Gasteiger partial charge on any atom is -0.382 e. The van der Waals surface area contributed by atoms with E-state index in [9.17, 15) is 18.0 Å². The normalized spacial score (nSPS) is 21.1. The molecular weight excluding hydrogens is 225 g/mol. The van der Waals surface area contributed by atoms with Crippen molar-refractivity contribution in [2.45, 2.75) is 43.5 Å². The molecule has 1 saturated carbocycles. The number of amides is 1. The lowest BCUT2D eigenvalue weighted by Gasteiger charge is -2.37. The van der Waals surface area contributed by atoms with E-state index >= 15 is 0 Å². The number of rotatable bonds is 4. The average molecular weight is 240 g/mol. The van der Waals surface area contributed by atoms with Crippen molar-refractivity contribution in [1.29, 1.82) is 0 Å². The molecule has 1 fully saturated rings. The topological polar surface area (TPSA) is 75.4 Å². The Kier molecular flexibility index (Phi) is 3.80. The number of carbonyl (C=O) groups is 1.